The highest BCUT2D eigenvalue weighted by atomic mass is 32.1. The Bertz CT molecular complexity index is 2490. The monoisotopic (exact) mass is 1010 g/mol. The number of rotatable bonds is 16. The highest BCUT2D eigenvalue weighted by molar-refractivity contribution is 7.78. The first-order chi connectivity index (χ1) is 33.5. The number of hydrogen-bond donors (Lipinski definition) is 12. The molecule has 5 heterocycles. The molecule has 12 N–H and O–H groups in total. The van der Waals surface area contributed by atoms with Crippen LogP contribution in [0, 0.1) is 0 Å². The first kappa shape index (κ1) is 51.0. The van der Waals surface area contributed by atoms with Crippen molar-refractivity contribution in [1.82, 2.24) is 10.8 Å². The Morgan fingerprint density at radius 1 is 0.857 bits per heavy atom. The number of aliphatic carboxylic acids is 1. The summed E-state index contributed by atoms with van der Waals surface area (Å²) in [6.07, 6.45) is -26.0. The number of carbonyl (C=O) groups is 3. The first-order valence-electron chi connectivity index (χ1n) is 21.3. The number of halogens is 1. The quantitative estimate of drug-likeness (QED) is 0.0299. The largest absolute Gasteiger partial charge is 0.508 e. The fraction of sp³-hybridized carbons (Fsp3) is 0.488. The number of fused-ring (bicyclic) bond motifs is 6. The van der Waals surface area contributed by atoms with Gasteiger partial charge in [-0.2, -0.15) is 4.99 Å². The third-order valence-corrected chi connectivity index (χ3v) is 12.2. The Balaban J connectivity index is 0.850. The summed E-state index contributed by atoms with van der Waals surface area (Å²) >= 11 is 4.77. The van der Waals surface area contributed by atoms with Crippen molar-refractivity contribution >= 4 is 40.9 Å². The molecule has 0 aromatic heterocycles. The Morgan fingerprint density at radius 2 is 1.54 bits per heavy atom. The van der Waals surface area contributed by atoms with Gasteiger partial charge in [0.25, 0.3) is 0 Å². The predicted octanol–water partition coefficient (Wildman–Crippen LogP) is -2.77. The summed E-state index contributed by atoms with van der Waals surface area (Å²) in [5, 5.41) is 108. The lowest BCUT2D eigenvalue weighted by molar-refractivity contribution is -0.371. The Morgan fingerprint density at radius 3 is 2.26 bits per heavy atom. The van der Waals surface area contributed by atoms with Gasteiger partial charge in [0.2, 0.25) is 5.91 Å². The van der Waals surface area contributed by atoms with Gasteiger partial charge in [-0.1, -0.05) is 12.1 Å². The predicted molar refractivity (Wildman–Crippen MR) is 227 cm³/mol. The molecule has 1 unspecified atom stereocenters. The summed E-state index contributed by atoms with van der Waals surface area (Å²) in [6.45, 7) is -3.85. The number of benzene rings is 3. The van der Waals surface area contributed by atoms with Gasteiger partial charge in [-0.05, 0) is 42.5 Å². The van der Waals surface area contributed by atoms with Crippen LogP contribution in [-0.2, 0) is 48.3 Å². The fourth-order valence-electron chi connectivity index (χ4n) is 8.56. The van der Waals surface area contributed by atoms with Crippen LogP contribution in [0.4, 0.5) is 10.1 Å². The summed E-state index contributed by atoms with van der Waals surface area (Å²) in [6, 6.07) is 12.0. The number of phenols is 1. The number of hydrogen-bond acceptors (Lipinski definition) is 24. The molecule has 0 aliphatic carbocycles. The zero-order valence-electron chi connectivity index (χ0n) is 36.0. The molecule has 1 amide bonds. The molecule has 3 fully saturated rings. The molecular formula is C43H46FN3O22S. The maximum absolute atomic E-state index is 14.3. The van der Waals surface area contributed by atoms with Crippen molar-refractivity contribution < 1.29 is 113 Å². The van der Waals surface area contributed by atoms with Gasteiger partial charge >= 0.3 is 11.9 Å². The normalized spacial score (nSPS) is 33.6. The lowest BCUT2D eigenvalue weighted by Crippen LogP contribution is -2.65. The lowest BCUT2D eigenvalue weighted by atomic mass is 9.77. The Labute approximate surface area is 399 Å². The number of amides is 1. The van der Waals surface area contributed by atoms with E-state index in [0.29, 0.717) is 16.7 Å². The Kier molecular flexibility index (Phi) is 15.4. The van der Waals surface area contributed by atoms with E-state index in [1.165, 1.54) is 24.3 Å². The first-order valence-corrected chi connectivity index (χ1v) is 21.7. The summed E-state index contributed by atoms with van der Waals surface area (Å²) in [5.74, 6) is -2.93. The summed E-state index contributed by atoms with van der Waals surface area (Å²) in [5.41, 5.74) is 2.44. The number of aliphatic hydroxyl groups excluding tert-OH is 8. The van der Waals surface area contributed by atoms with Crippen LogP contribution in [0.15, 0.2) is 59.6 Å². The third-order valence-electron chi connectivity index (χ3n) is 12.1. The number of esters is 1. The van der Waals surface area contributed by atoms with E-state index in [4.69, 9.17) is 55.0 Å². The SMILES string of the molecule is O=C(CNOc1ccc2c(c1)Oc1cc(O)ccc1C21OC(=O)c2c(N=C=S)cccc21)N[C@@H](CO[C@@H]1OC[C@@H](O[C@@H]2O[C@H](CO)[C@H](O)[C@H](O[C@@H]3O[C@H](CO)[C@H](F)[C@H](O)[C@H]3O)[C@H]2O)[C@@H](O)[C@H]1O)C(=O)O. The van der Waals surface area contributed by atoms with Crippen molar-refractivity contribution in [3.8, 4) is 23.0 Å². The van der Waals surface area contributed by atoms with E-state index < -0.39 is 149 Å². The van der Waals surface area contributed by atoms with Crippen molar-refractivity contribution in [1.29, 1.82) is 0 Å². The van der Waals surface area contributed by atoms with Crippen molar-refractivity contribution in [2.45, 2.75) is 97.7 Å². The molecule has 1 spiro atoms. The zero-order valence-corrected chi connectivity index (χ0v) is 36.8. The second-order valence-electron chi connectivity index (χ2n) is 16.4. The molecule has 0 saturated carbocycles. The standard InChI is InChI=1S/C43H46FN3O22S/c44-30-25(11-48)64-41(35(56)33(30)54)67-37-32(53)26(12-49)65-42(36(37)57)66-27-14-62-40(34(55)31(27)52)61-13-22(38(58)59)47-28(51)10-46-69-17-5-7-19-24(9-17)63-23-8-16(50)4-6-18(23)43(19)20-2-1-3-21(45-15-70)29(20)39(60)68-43/h1-9,22,25-27,30-37,40-42,46,48-50,52-57H,10-14H2,(H,47,51)(H,58,59)/t22-,25+,26+,27+,30-,31+,32-,33-,34+,35+,36+,37-,40+,41-,42-,43?/m0/s1. The highest BCUT2D eigenvalue weighted by Gasteiger charge is 2.56. The van der Waals surface area contributed by atoms with Crippen LogP contribution >= 0.6 is 12.2 Å². The average molecular weight is 1010 g/mol. The van der Waals surface area contributed by atoms with Crippen molar-refractivity contribution in [3.05, 3.63) is 76.9 Å². The number of alkyl halides is 1. The number of phenolic OH excluding ortho intramolecular Hbond substituents is 1. The van der Waals surface area contributed by atoms with E-state index in [1.807, 2.05) is 0 Å². The van der Waals surface area contributed by atoms with E-state index >= 15 is 0 Å². The molecule has 3 saturated heterocycles. The molecule has 0 radical (unpaired) electrons. The minimum atomic E-state index is -2.22. The van der Waals surface area contributed by atoms with Gasteiger partial charge in [0.05, 0.1) is 42.8 Å². The highest BCUT2D eigenvalue weighted by Crippen LogP contribution is 2.58. The van der Waals surface area contributed by atoms with E-state index in [1.54, 1.807) is 30.3 Å². The summed E-state index contributed by atoms with van der Waals surface area (Å²) in [4.78, 5) is 48.0. The molecule has 3 aromatic carbocycles. The molecule has 378 valence electrons. The number of carboxylic acid groups (broad SMARTS) is 1. The lowest BCUT2D eigenvalue weighted by Gasteiger charge is -2.47. The maximum atomic E-state index is 14.3. The average Bonchev–Trinajstić information content (AvgIpc) is 3.63. The number of ether oxygens (including phenoxy) is 8. The molecule has 25 nitrogen and oxygen atoms in total. The molecule has 5 aliphatic rings. The zero-order chi connectivity index (χ0) is 50.2. The van der Waals surface area contributed by atoms with Gasteiger partial charge in [0, 0.05) is 28.8 Å². The van der Waals surface area contributed by atoms with Gasteiger partial charge in [-0.15, -0.1) is 5.48 Å². The van der Waals surface area contributed by atoms with Crippen LogP contribution in [0.2, 0.25) is 0 Å². The van der Waals surface area contributed by atoms with Crippen LogP contribution in [0.5, 0.6) is 23.0 Å². The minimum absolute atomic E-state index is 0.0869. The fourth-order valence-corrected chi connectivity index (χ4v) is 8.66. The molecule has 3 aromatic rings. The van der Waals surface area contributed by atoms with Crippen molar-refractivity contribution in [2.24, 2.45) is 4.99 Å². The molecule has 70 heavy (non-hydrogen) atoms. The van der Waals surface area contributed by atoms with E-state index in [9.17, 15) is 69.8 Å². The molecular weight excluding hydrogens is 962 g/mol. The number of nitrogens with zero attached hydrogens (tertiary/aromatic N) is 1. The van der Waals surface area contributed by atoms with E-state index in [0.717, 1.165) is 0 Å². The van der Waals surface area contributed by atoms with Gasteiger partial charge < -0.3 is 99.1 Å². The number of carboxylic acids is 1. The second kappa shape index (κ2) is 21.1. The van der Waals surface area contributed by atoms with Crippen LogP contribution in [0.25, 0.3) is 0 Å². The van der Waals surface area contributed by atoms with Crippen molar-refractivity contribution in [3.63, 3.8) is 0 Å². The molecule has 16 atom stereocenters. The molecule has 27 heteroatoms. The number of nitrogens with one attached hydrogen (secondary N) is 2. The Hall–Kier alpha value is -5.40. The van der Waals surface area contributed by atoms with Crippen LogP contribution in [0.3, 0.4) is 0 Å². The van der Waals surface area contributed by atoms with Gasteiger partial charge in [0.1, 0.15) is 84.8 Å². The molecule has 8 rings (SSSR count). The van der Waals surface area contributed by atoms with Crippen LogP contribution < -0.4 is 20.4 Å². The number of thiocarbonyl (C=S) groups is 1. The molecule has 0 bridgehead atoms. The van der Waals surface area contributed by atoms with Crippen LogP contribution in [-0.4, -0.2) is 199 Å². The minimum Gasteiger partial charge on any atom is -0.508 e. The number of carbonyl (C=O) groups excluding carboxylic acids is 2. The number of aliphatic imine (C=N–C) groups is 1. The number of aromatic hydroxyl groups is 1. The number of isothiocyanates is 1. The topological polar surface area (TPSA) is 373 Å². The number of hydroxylamine groups is 1. The van der Waals surface area contributed by atoms with E-state index in [2.05, 4.69) is 21.0 Å². The van der Waals surface area contributed by atoms with Gasteiger partial charge in [0.15, 0.2) is 42.4 Å². The van der Waals surface area contributed by atoms with Crippen molar-refractivity contribution in [2.75, 3.05) is 33.0 Å². The third kappa shape index (κ3) is 9.69. The smallest absolute Gasteiger partial charge is 0.342 e. The van der Waals surface area contributed by atoms with Crippen LogP contribution in [0.1, 0.15) is 27.0 Å². The maximum Gasteiger partial charge on any atom is 0.342 e. The van der Waals surface area contributed by atoms with Gasteiger partial charge in [-0.3, -0.25) is 4.79 Å². The van der Waals surface area contributed by atoms with Gasteiger partial charge in [-0.25, -0.2) is 14.0 Å². The van der Waals surface area contributed by atoms with E-state index in [-0.39, 0.29) is 34.2 Å². The second-order valence-corrected chi connectivity index (χ2v) is 16.6. The summed E-state index contributed by atoms with van der Waals surface area (Å²) < 4.78 is 59.1. The number of aliphatic hydroxyl groups is 8. The molecule has 5 aliphatic heterocycles. The summed E-state index contributed by atoms with van der Waals surface area (Å²) in [7, 11) is 0.